The van der Waals surface area contributed by atoms with Crippen molar-refractivity contribution in [3.63, 3.8) is 0 Å². The summed E-state index contributed by atoms with van der Waals surface area (Å²) < 4.78 is 16.5. The molecule has 0 bridgehead atoms. The number of likely N-dealkylation sites (tertiary alicyclic amines) is 1. The van der Waals surface area contributed by atoms with Crippen molar-refractivity contribution >= 4 is 11.8 Å². The predicted octanol–water partition coefficient (Wildman–Crippen LogP) is 2.99. The highest BCUT2D eigenvalue weighted by atomic mass is 16.5. The number of benzene rings is 2. The van der Waals surface area contributed by atoms with Crippen LogP contribution in [0.5, 0.6) is 23.0 Å². The number of nitrogens with two attached hydrogens (primary N) is 1. The van der Waals surface area contributed by atoms with E-state index in [0.29, 0.717) is 55.4 Å². The van der Waals surface area contributed by atoms with E-state index < -0.39 is 17.4 Å². The van der Waals surface area contributed by atoms with Crippen molar-refractivity contribution in [2.75, 3.05) is 27.3 Å². The molecule has 4 N–H and O–H groups in total. The lowest BCUT2D eigenvalue weighted by Crippen LogP contribution is -2.49. The number of hydroxylamine groups is 1. The Bertz CT molecular complexity index is 997. The quantitative estimate of drug-likeness (QED) is 0.261. The van der Waals surface area contributed by atoms with E-state index in [0.717, 1.165) is 12.0 Å². The molecule has 0 aliphatic carbocycles. The topological polar surface area (TPSA) is 123 Å². The molecule has 2 aromatic carbocycles. The molecule has 1 aliphatic rings. The maximum atomic E-state index is 13.4. The number of nitrogens with zero attached hydrogens (tertiary/aromatic N) is 1. The van der Waals surface area contributed by atoms with Gasteiger partial charge < -0.3 is 24.8 Å². The number of rotatable bonds is 11. The fraction of sp³-hybridized carbons (Fsp3) is 0.440. The third-order valence-electron chi connectivity index (χ3n) is 6.39. The maximum Gasteiger partial charge on any atom is 0.266 e. The molecular weight excluding hydrogens is 438 g/mol. The summed E-state index contributed by atoms with van der Waals surface area (Å²) in [6.07, 6.45) is 2.45. The van der Waals surface area contributed by atoms with Gasteiger partial charge in [0.1, 0.15) is 17.5 Å². The van der Waals surface area contributed by atoms with Crippen molar-refractivity contribution in [2.24, 2.45) is 5.73 Å². The number of nitrogens with one attached hydrogen (secondary N) is 1. The van der Waals surface area contributed by atoms with Crippen LogP contribution >= 0.6 is 0 Å². The van der Waals surface area contributed by atoms with Crippen LogP contribution in [0.4, 0.5) is 0 Å². The number of hydrogen-bond donors (Lipinski definition) is 3. The maximum absolute atomic E-state index is 13.4. The predicted molar refractivity (Wildman–Crippen MR) is 126 cm³/mol. The van der Waals surface area contributed by atoms with Gasteiger partial charge in [-0.05, 0) is 69.0 Å². The Hall–Kier alpha value is -3.30. The molecule has 184 valence electrons. The first-order valence-corrected chi connectivity index (χ1v) is 11.3. The number of carbonyl (C=O) groups excluding carboxylic acids is 2. The average molecular weight is 472 g/mol. The zero-order valence-electron chi connectivity index (χ0n) is 19.9. The standard InChI is InChI=1S/C25H33N3O6/c1-25(13-15-28(24(25)30)20(23(29)27-31)6-4-5-14-26)17-7-9-18(10-8-17)34-19-11-12-21(32-2)22(16-19)33-3/h7-12,16,20,31H,4-6,13-15,26H2,1-3H3,(H,27,29). The van der Waals surface area contributed by atoms with E-state index in [2.05, 4.69) is 0 Å². The van der Waals surface area contributed by atoms with E-state index in [4.69, 9.17) is 19.9 Å². The van der Waals surface area contributed by atoms with Crippen LogP contribution in [0.1, 0.15) is 38.2 Å². The molecule has 2 unspecified atom stereocenters. The number of amides is 2. The molecule has 2 aromatic rings. The van der Waals surface area contributed by atoms with Crippen LogP contribution in [0, 0.1) is 0 Å². The van der Waals surface area contributed by atoms with E-state index in [-0.39, 0.29) is 5.91 Å². The van der Waals surface area contributed by atoms with Gasteiger partial charge in [0.15, 0.2) is 11.5 Å². The minimum atomic E-state index is -0.774. The molecule has 9 nitrogen and oxygen atoms in total. The van der Waals surface area contributed by atoms with Crippen molar-refractivity contribution in [2.45, 2.75) is 44.1 Å². The zero-order valence-corrected chi connectivity index (χ0v) is 19.9. The van der Waals surface area contributed by atoms with Crippen molar-refractivity contribution in [3.8, 4) is 23.0 Å². The molecule has 3 rings (SSSR count). The molecule has 0 aromatic heterocycles. The largest absolute Gasteiger partial charge is 0.493 e. The minimum Gasteiger partial charge on any atom is -0.493 e. The van der Waals surface area contributed by atoms with Crippen molar-refractivity contribution < 1.29 is 29.0 Å². The number of hydrogen-bond acceptors (Lipinski definition) is 7. The molecule has 34 heavy (non-hydrogen) atoms. The van der Waals surface area contributed by atoms with Gasteiger partial charge >= 0.3 is 0 Å². The summed E-state index contributed by atoms with van der Waals surface area (Å²) in [5.74, 6) is 1.67. The van der Waals surface area contributed by atoms with E-state index in [9.17, 15) is 14.8 Å². The Morgan fingerprint density at radius 1 is 1.12 bits per heavy atom. The van der Waals surface area contributed by atoms with Crippen LogP contribution in [0.25, 0.3) is 0 Å². The van der Waals surface area contributed by atoms with Crippen LogP contribution < -0.4 is 25.4 Å². The Labute approximate surface area is 199 Å². The normalized spacial score (nSPS) is 18.5. The summed E-state index contributed by atoms with van der Waals surface area (Å²) in [6, 6.07) is 11.9. The second kappa shape index (κ2) is 11.2. The Balaban J connectivity index is 1.74. The SMILES string of the molecule is COc1ccc(Oc2ccc(C3(C)CCN(C(CCCCN)C(=O)NO)C3=O)cc2)cc1OC. The highest BCUT2D eigenvalue weighted by Crippen LogP contribution is 2.38. The number of unbranched alkanes of at least 4 members (excludes halogenated alkanes) is 1. The zero-order chi connectivity index (χ0) is 24.7. The molecule has 1 saturated heterocycles. The van der Waals surface area contributed by atoms with Gasteiger partial charge in [-0.15, -0.1) is 0 Å². The molecular formula is C25H33N3O6. The highest BCUT2D eigenvalue weighted by Gasteiger charge is 2.47. The summed E-state index contributed by atoms with van der Waals surface area (Å²) in [7, 11) is 3.13. The van der Waals surface area contributed by atoms with Gasteiger partial charge in [-0.2, -0.15) is 0 Å². The highest BCUT2D eigenvalue weighted by molar-refractivity contribution is 5.94. The molecule has 2 atom stereocenters. The molecule has 1 fully saturated rings. The van der Waals surface area contributed by atoms with Crippen molar-refractivity contribution in [1.29, 1.82) is 0 Å². The van der Waals surface area contributed by atoms with Crippen LogP contribution in [-0.2, 0) is 15.0 Å². The lowest BCUT2D eigenvalue weighted by atomic mass is 9.81. The fourth-order valence-corrected chi connectivity index (χ4v) is 4.33. The second-order valence-corrected chi connectivity index (χ2v) is 8.50. The fourth-order valence-electron chi connectivity index (χ4n) is 4.33. The van der Waals surface area contributed by atoms with E-state index in [1.165, 1.54) is 0 Å². The lowest BCUT2D eigenvalue weighted by molar-refractivity contribution is -0.144. The van der Waals surface area contributed by atoms with Crippen LogP contribution in [-0.4, -0.2) is 55.3 Å². The molecule has 0 radical (unpaired) electrons. The average Bonchev–Trinajstić information content (AvgIpc) is 3.16. The summed E-state index contributed by atoms with van der Waals surface area (Å²) in [5.41, 5.74) is 7.33. The van der Waals surface area contributed by atoms with Crippen molar-refractivity contribution in [3.05, 3.63) is 48.0 Å². The molecule has 1 aliphatic heterocycles. The molecule has 1 heterocycles. The monoisotopic (exact) mass is 471 g/mol. The van der Waals surface area contributed by atoms with Gasteiger partial charge in [-0.1, -0.05) is 12.1 Å². The summed E-state index contributed by atoms with van der Waals surface area (Å²) in [5, 5.41) is 9.18. The molecule has 0 saturated carbocycles. The van der Waals surface area contributed by atoms with Crippen LogP contribution in [0.3, 0.4) is 0 Å². The number of carbonyl (C=O) groups is 2. The second-order valence-electron chi connectivity index (χ2n) is 8.50. The van der Waals surface area contributed by atoms with E-state index in [1.807, 2.05) is 31.2 Å². The smallest absolute Gasteiger partial charge is 0.266 e. The Kier molecular flexibility index (Phi) is 8.36. The first kappa shape index (κ1) is 25.3. The summed E-state index contributed by atoms with van der Waals surface area (Å²) >= 11 is 0. The Morgan fingerprint density at radius 3 is 2.41 bits per heavy atom. The Morgan fingerprint density at radius 2 is 1.79 bits per heavy atom. The summed E-state index contributed by atoms with van der Waals surface area (Å²) in [6.45, 7) is 2.82. The van der Waals surface area contributed by atoms with Gasteiger partial charge in [-0.3, -0.25) is 14.8 Å². The van der Waals surface area contributed by atoms with Gasteiger partial charge in [0.05, 0.1) is 19.6 Å². The molecule has 0 spiro atoms. The van der Waals surface area contributed by atoms with Gasteiger partial charge in [-0.25, -0.2) is 5.48 Å². The van der Waals surface area contributed by atoms with Crippen LogP contribution in [0.2, 0.25) is 0 Å². The molecule has 2 amide bonds. The number of ether oxygens (including phenoxy) is 3. The van der Waals surface area contributed by atoms with E-state index >= 15 is 0 Å². The number of methoxy groups -OCH3 is 2. The third kappa shape index (κ3) is 5.26. The lowest BCUT2D eigenvalue weighted by Gasteiger charge is -2.29. The first-order valence-electron chi connectivity index (χ1n) is 11.3. The van der Waals surface area contributed by atoms with Gasteiger partial charge in [0, 0.05) is 12.6 Å². The van der Waals surface area contributed by atoms with Crippen molar-refractivity contribution in [1.82, 2.24) is 10.4 Å². The minimum absolute atomic E-state index is 0.137. The van der Waals surface area contributed by atoms with E-state index in [1.54, 1.807) is 42.8 Å². The van der Waals surface area contributed by atoms with Crippen LogP contribution in [0.15, 0.2) is 42.5 Å². The third-order valence-corrected chi connectivity index (χ3v) is 6.39. The van der Waals surface area contributed by atoms with Gasteiger partial charge in [0.25, 0.3) is 5.91 Å². The summed E-state index contributed by atoms with van der Waals surface area (Å²) in [4.78, 5) is 27.2. The molecule has 9 heteroatoms. The van der Waals surface area contributed by atoms with Gasteiger partial charge in [0.2, 0.25) is 5.91 Å². The first-order chi connectivity index (χ1) is 16.4.